The Kier molecular flexibility index (Phi) is 3.40. The first kappa shape index (κ1) is 15.5. The van der Waals surface area contributed by atoms with Crippen LogP contribution in [0.25, 0.3) is 38.3 Å². The van der Waals surface area contributed by atoms with Gasteiger partial charge in [0.25, 0.3) is 0 Å². The van der Waals surface area contributed by atoms with E-state index in [0.29, 0.717) is 0 Å². The molecule has 0 atom stereocenters. The second kappa shape index (κ2) is 5.92. The van der Waals surface area contributed by atoms with Crippen molar-refractivity contribution in [3.8, 4) is 5.69 Å². The predicted octanol–water partition coefficient (Wildman–Crippen LogP) is 4.69. The SMILES string of the molecule is CC(=O)Nc1ccc(-n2nc3c4ccccc4c4ccccc4c3n2)cc1. The van der Waals surface area contributed by atoms with Crippen LogP contribution in [-0.2, 0) is 4.79 Å². The average molecular weight is 352 g/mol. The van der Waals surface area contributed by atoms with Gasteiger partial charge in [0.2, 0.25) is 5.91 Å². The van der Waals surface area contributed by atoms with Crippen molar-refractivity contribution in [3.63, 3.8) is 0 Å². The first-order valence-corrected chi connectivity index (χ1v) is 8.75. The summed E-state index contributed by atoms with van der Waals surface area (Å²) in [6.07, 6.45) is 0. The Morgan fingerprint density at radius 3 is 1.70 bits per heavy atom. The minimum atomic E-state index is -0.0938. The van der Waals surface area contributed by atoms with Crippen molar-refractivity contribution in [1.82, 2.24) is 15.0 Å². The van der Waals surface area contributed by atoms with E-state index in [9.17, 15) is 4.79 Å². The second-order valence-corrected chi connectivity index (χ2v) is 6.51. The summed E-state index contributed by atoms with van der Waals surface area (Å²) >= 11 is 0. The highest BCUT2D eigenvalue weighted by Crippen LogP contribution is 2.33. The fourth-order valence-corrected chi connectivity index (χ4v) is 3.52. The fourth-order valence-electron chi connectivity index (χ4n) is 3.52. The van der Waals surface area contributed by atoms with Gasteiger partial charge >= 0.3 is 0 Å². The smallest absolute Gasteiger partial charge is 0.221 e. The summed E-state index contributed by atoms with van der Waals surface area (Å²) in [6.45, 7) is 1.49. The largest absolute Gasteiger partial charge is 0.326 e. The zero-order chi connectivity index (χ0) is 18.4. The van der Waals surface area contributed by atoms with Gasteiger partial charge in [-0.15, -0.1) is 10.2 Å². The molecule has 5 heteroatoms. The first-order valence-electron chi connectivity index (χ1n) is 8.75. The lowest BCUT2D eigenvalue weighted by Gasteiger charge is -2.04. The molecule has 0 fully saturated rings. The molecule has 1 aromatic heterocycles. The number of hydrogen-bond acceptors (Lipinski definition) is 3. The van der Waals surface area contributed by atoms with Crippen molar-refractivity contribution in [2.75, 3.05) is 5.32 Å². The third-order valence-electron chi connectivity index (χ3n) is 4.69. The second-order valence-electron chi connectivity index (χ2n) is 6.51. The summed E-state index contributed by atoms with van der Waals surface area (Å²) in [4.78, 5) is 12.8. The number of fused-ring (bicyclic) bond motifs is 6. The van der Waals surface area contributed by atoms with Gasteiger partial charge in [-0.1, -0.05) is 48.5 Å². The van der Waals surface area contributed by atoms with Crippen LogP contribution in [0.4, 0.5) is 5.69 Å². The number of carbonyl (C=O) groups excluding carboxylic acids is 1. The molecule has 1 heterocycles. The molecule has 0 radical (unpaired) electrons. The number of aromatic nitrogens is 3. The third kappa shape index (κ3) is 2.52. The lowest BCUT2D eigenvalue weighted by Crippen LogP contribution is -2.06. The molecular weight excluding hydrogens is 336 g/mol. The number of benzene rings is 4. The van der Waals surface area contributed by atoms with Crippen molar-refractivity contribution in [2.24, 2.45) is 0 Å². The van der Waals surface area contributed by atoms with Crippen LogP contribution in [0, 0.1) is 0 Å². The number of amides is 1. The highest BCUT2D eigenvalue weighted by molar-refractivity contribution is 6.22. The van der Waals surface area contributed by atoms with Crippen molar-refractivity contribution in [1.29, 1.82) is 0 Å². The van der Waals surface area contributed by atoms with E-state index in [1.165, 1.54) is 17.7 Å². The van der Waals surface area contributed by atoms with Gasteiger partial charge in [0.15, 0.2) is 0 Å². The van der Waals surface area contributed by atoms with E-state index in [2.05, 4.69) is 29.6 Å². The van der Waals surface area contributed by atoms with Crippen LogP contribution in [0.3, 0.4) is 0 Å². The van der Waals surface area contributed by atoms with Crippen LogP contribution in [-0.4, -0.2) is 20.9 Å². The number of nitrogens with zero attached hydrogens (tertiary/aromatic N) is 3. The maximum atomic E-state index is 11.2. The van der Waals surface area contributed by atoms with E-state index in [-0.39, 0.29) is 5.91 Å². The number of rotatable bonds is 2. The Labute approximate surface area is 155 Å². The van der Waals surface area contributed by atoms with Gasteiger partial charge in [0, 0.05) is 23.4 Å². The first-order chi connectivity index (χ1) is 13.2. The molecule has 0 aliphatic heterocycles. The van der Waals surface area contributed by atoms with E-state index in [1.54, 1.807) is 4.80 Å². The molecule has 4 aromatic carbocycles. The third-order valence-corrected chi connectivity index (χ3v) is 4.69. The molecule has 1 N–H and O–H groups in total. The highest BCUT2D eigenvalue weighted by atomic mass is 16.1. The number of nitrogens with one attached hydrogen (secondary N) is 1. The van der Waals surface area contributed by atoms with Crippen LogP contribution in [0.15, 0.2) is 72.8 Å². The molecule has 1 amide bonds. The van der Waals surface area contributed by atoms with Gasteiger partial charge in [-0.3, -0.25) is 4.79 Å². The Bertz CT molecular complexity index is 1250. The maximum Gasteiger partial charge on any atom is 0.221 e. The normalized spacial score (nSPS) is 11.3. The standard InChI is InChI=1S/C22H16N4O/c1-14(27)23-15-10-12-16(13-11-15)26-24-21-19-8-4-2-6-17(19)18-7-3-5-9-20(18)22(21)25-26/h2-13H,1H3,(H,23,27). The van der Waals surface area contributed by atoms with Gasteiger partial charge in [0.1, 0.15) is 11.0 Å². The van der Waals surface area contributed by atoms with Gasteiger partial charge in [-0.2, -0.15) is 4.80 Å². The number of hydrogen-bond donors (Lipinski definition) is 1. The van der Waals surface area contributed by atoms with E-state index in [4.69, 9.17) is 10.2 Å². The molecule has 0 saturated heterocycles. The summed E-state index contributed by atoms with van der Waals surface area (Å²) in [5, 5.41) is 16.8. The van der Waals surface area contributed by atoms with Crippen molar-refractivity contribution >= 4 is 44.2 Å². The molecular formula is C22H16N4O. The summed E-state index contributed by atoms with van der Waals surface area (Å²) < 4.78 is 0. The Morgan fingerprint density at radius 2 is 1.22 bits per heavy atom. The molecule has 5 nitrogen and oxygen atoms in total. The number of carbonyl (C=O) groups is 1. The van der Waals surface area contributed by atoms with Gasteiger partial charge in [-0.25, -0.2) is 0 Å². The van der Waals surface area contributed by atoms with Gasteiger partial charge in [0.05, 0.1) is 5.69 Å². The summed E-state index contributed by atoms with van der Waals surface area (Å²) in [7, 11) is 0. The van der Waals surface area contributed by atoms with Crippen LogP contribution in [0.1, 0.15) is 6.92 Å². The van der Waals surface area contributed by atoms with Crippen molar-refractivity contribution < 1.29 is 4.79 Å². The predicted molar refractivity (Wildman–Crippen MR) is 108 cm³/mol. The van der Waals surface area contributed by atoms with E-state index in [1.807, 2.05) is 48.5 Å². The van der Waals surface area contributed by atoms with Crippen molar-refractivity contribution in [2.45, 2.75) is 6.92 Å². The Balaban J connectivity index is 1.75. The molecule has 0 saturated carbocycles. The van der Waals surface area contributed by atoms with Gasteiger partial charge in [-0.05, 0) is 35.0 Å². The van der Waals surface area contributed by atoms with Crippen LogP contribution in [0.5, 0.6) is 0 Å². The quantitative estimate of drug-likeness (QED) is 0.469. The lowest BCUT2D eigenvalue weighted by molar-refractivity contribution is -0.114. The lowest BCUT2D eigenvalue weighted by atomic mass is 10.0. The Morgan fingerprint density at radius 1 is 0.741 bits per heavy atom. The summed E-state index contributed by atoms with van der Waals surface area (Å²) in [5.41, 5.74) is 3.36. The molecule has 0 spiro atoms. The van der Waals surface area contributed by atoms with Crippen molar-refractivity contribution in [3.05, 3.63) is 72.8 Å². The minimum absolute atomic E-state index is 0.0938. The molecule has 5 rings (SSSR count). The number of anilines is 1. The van der Waals surface area contributed by atoms with Crippen LogP contribution < -0.4 is 5.32 Å². The van der Waals surface area contributed by atoms with Crippen LogP contribution in [0.2, 0.25) is 0 Å². The molecule has 5 aromatic rings. The topological polar surface area (TPSA) is 59.8 Å². The molecule has 0 aliphatic rings. The molecule has 0 bridgehead atoms. The fraction of sp³-hybridized carbons (Fsp3) is 0.0455. The van der Waals surface area contributed by atoms with E-state index >= 15 is 0 Å². The maximum absolute atomic E-state index is 11.2. The Hall–Kier alpha value is -3.73. The molecule has 0 unspecified atom stereocenters. The van der Waals surface area contributed by atoms with Gasteiger partial charge < -0.3 is 5.32 Å². The summed E-state index contributed by atoms with van der Waals surface area (Å²) in [6, 6.07) is 24.1. The molecule has 0 aliphatic carbocycles. The average Bonchev–Trinajstić information content (AvgIpc) is 3.14. The molecule has 130 valence electrons. The summed E-state index contributed by atoms with van der Waals surface area (Å²) in [5.74, 6) is -0.0938. The zero-order valence-corrected chi connectivity index (χ0v) is 14.7. The molecule has 27 heavy (non-hydrogen) atoms. The van der Waals surface area contributed by atoms with E-state index in [0.717, 1.165) is 33.2 Å². The minimum Gasteiger partial charge on any atom is -0.326 e. The van der Waals surface area contributed by atoms with E-state index < -0.39 is 0 Å². The monoisotopic (exact) mass is 352 g/mol. The van der Waals surface area contributed by atoms with Crippen LogP contribution >= 0.6 is 0 Å². The zero-order valence-electron chi connectivity index (χ0n) is 14.7. The highest BCUT2D eigenvalue weighted by Gasteiger charge is 2.13.